The Labute approximate surface area is 116 Å². The number of hydrogen-bond donors (Lipinski definition) is 2. The van der Waals surface area contributed by atoms with Gasteiger partial charge < -0.3 is 10.4 Å². The predicted octanol–water partition coefficient (Wildman–Crippen LogP) is 0.746. The van der Waals surface area contributed by atoms with Crippen LogP contribution in [0.15, 0.2) is 23.1 Å². The molecule has 0 atom stereocenters. The van der Waals surface area contributed by atoms with Gasteiger partial charge in [-0.2, -0.15) is 0 Å². The molecule has 0 bridgehead atoms. The van der Waals surface area contributed by atoms with Crippen LogP contribution in [0.2, 0.25) is 0 Å². The fourth-order valence-electron chi connectivity index (χ4n) is 1.95. The number of benzene rings is 1. The van der Waals surface area contributed by atoms with Gasteiger partial charge in [0.05, 0.1) is 4.90 Å². The highest BCUT2D eigenvalue weighted by Crippen LogP contribution is 2.35. The molecule has 2 N–H and O–H groups in total. The summed E-state index contributed by atoms with van der Waals surface area (Å²) in [4.78, 5) is 23.1. The molecule has 1 saturated carbocycles. The van der Waals surface area contributed by atoms with Crippen molar-refractivity contribution in [3.05, 3.63) is 29.3 Å². The van der Waals surface area contributed by atoms with Crippen LogP contribution in [0.4, 0.5) is 0 Å². The zero-order valence-corrected chi connectivity index (χ0v) is 12.0. The van der Waals surface area contributed by atoms with Crippen LogP contribution in [-0.2, 0) is 14.6 Å². The van der Waals surface area contributed by atoms with Crippen LogP contribution < -0.4 is 5.32 Å². The van der Waals surface area contributed by atoms with E-state index >= 15 is 0 Å². The maximum absolute atomic E-state index is 12.0. The number of sulfone groups is 1. The molecule has 7 heteroatoms. The van der Waals surface area contributed by atoms with Gasteiger partial charge in [-0.15, -0.1) is 0 Å². The first-order valence-electron chi connectivity index (χ1n) is 6.02. The molecule has 1 amide bonds. The Bertz CT molecular complexity index is 689. The van der Waals surface area contributed by atoms with Gasteiger partial charge in [-0.1, -0.05) is 6.07 Å². The Morgan fingerprint density at radius 2 is 1.90 bits per heavy atom. The molecule has 2 rings (SSSR count). The third kappa shape index (κ3) is 2.67. The Kier molecular flexibility index (Phi) is 3.33. The van der Waals surface area contributed by atoms with Crippen molar-refractivity contribution < 1.29 is 23.1 Å². The molecular weight excluding hydrogens is 282 g/mol. The lowest BCUT2D eigenvalue weighted by Gasteiger charge is -2.13. The van der Waals surface area contributed by atoms with E-state index in [1.165, 1.54) is 18.2 Å². The van der Waals surface area contributed by atoms with Crippen LogP contribution in [0.5, 0.6) is 0 Å². The van der Waals surface area contributed by atoms with Crippen molar-refractivity contribution in [3.63, 3.8) is 0 Å². The molecule has 0 radical (unpaired) electrons. The number of aliphatic carboxylic acids is 1. The van der Waals surface area contributed by atoms with Gasteiger partial charge in [0.25, 0.3) is 5.91 Å². The second kappa shape index (κ2) is 4.59. The molecule has 1 aliphatic rings. The molecule has 1 aromatic carbocycles. The average Bonchev–Trinajstić information content (AvgIpc) is 3.09. The Morgan fingerprint density at radius 3 is 2.35 bits per heavy atom. The molecule has 0 aliphatic heterocycles. The zero-order chi connectivity index (χ0) is 15.1. The van der Waals surface area contributed by atoms with Crippen LogP contribution in [0.3, 0.4) is 0 Å². The van der Waals surface area contributed by atoms with E-state index in [1.54, 1.807) is 6.92 Å². The number of carbonyl (C=O) groups excluding carboxylic acids is 1. The highest BCUT2D eigenvalue weighted by molar-refractivity contribution is 7.90. The van der Waals surface area contributed by atoms with Crippen LogP contribution in [0.1, 0.15) is 28.8 Å². The van der Waals surface area contributed by atoms with Gasteiger partial charge >= 0.3 is 5.97 Å². The predicted molar refractivity (Wildman–Crippen MR) is 71.4 cm³/mol. The summed E-state index contributed by atoms with van der Waals surface area (Å²) in [6.07, 6.45) is 1.84. The molecular formula is C13H15NO5S. The highest BCUT2D eigenvalue weighted by Gasteiger charge is 2.51. The number of rotatable bonds is 4. The normalized spacial score (nSPS) is 16.5. The maximum Gasteiger partial charge on any atom is 0.329 e. The van der Waals surface area contributed by atoms with Gasteiger partial charge in [-0.25, -0.2) is 13.2 Å². The molecule has 6 nitrogen and oxygen atoms in total. The second-order valence-corrected chi connectivity index (χ2v) is 7.08. The summed E-state index contributed by atoms with van der Waals surface area (Å²) < 4.78 is 23.2. The van der Waals surface area contributed by atoms with E-state index in [-0.39, 0.29) is 10.5 Å². The van der Waals surface area contributed by atoms with Gasteiger partial charge in [0.2, 0.25) is 0 Å². The van der Waals surface area contributed by atoms with Crippen LogP contribution >= 0.6 is 0 Å². The van der Waals surface area contributed by atoms with Gasteiger partial charge in [-0.05, 0) is 37.5 Å². The Hall–Kier alpha value is -1.89. The standard InChI is InChI=1S/C13H15NO5S/c1-8-3-4-9(7-10(8)20(2,18)19)11(15)14-13(5-6-13)12(16)17/h3-4,7H,5-6H2,1-2H3,(H,14,15)(H,16,17). The van der Waals surface area contributed by atoms with E-state index in [4.69, 9.17) is 5.11 Å². The quantitative estimate of drug-likeness (QED) is 0.854. The van der Waals surface area contributed by atoms with Crippen molar-refractivity contribution in [3.8, 4) is 0 Å². The summed E-state index contributed by atoms with van der Waals surface area (Å²) in [5, 5.41) is 11.5. The lowest BCUT2D eigenvalue weighted by molar-refractivity contribution is -0.140. The van der Waals surface area contributed by atoms with Crippen molar-refractivity contribution in [2.75, 3.05) is 6.26 Å². The summed E-state index contributed by atoms with van der Waals surface area (Å²) in [5.41, 5.74) is -0.500. The highest BCUT2D eigenvalue weighted by atomic mass is 32.2. The van der Waals surface area contributed by atoms with Gasteiger partial charge in [-0.3, -0.25) is 4.79 Å². The fourth-order valence-corrected chi connectivity index (χ4v) is 2.94. The monoisotopic (exact) mass is 297 g/mol. The first-order valence-corrected chi connectivity index (χ1v) is 7.91. The number of aryl methyl sites for hydroxylation is 1. The minimum Gasteiger partial charge on any atom is -0.480 e. The summed E-state index contributed by atoms with van der Waals surface area (Å²) in [6, 6.07) is 4.29. The number of amides is 1. The zero-order valence-electron chi connectivity index (χ0n) is 11.1. The third-order valence-electron chi connectivity index (χ3n) is 3.36. The Morgan fingerprint density at radius 1 is 1.30 bits per heavy atom. The summed E-state index contributed by atoms with van der Waals surface area (Å²) in [6.45, 7) is 1.64. The van der Waals surface area contributed by atoms with E-state index in [0.29, 0.717) is 18.4 Å². The van der Waals surface area contributed by atoms with E-state index < -0.39 is 27.3 Å². The molecule has 0 spiro atoms. The van der Waals surface area contributed by atoms with Crippen molar-refractivity contribution in [1.29, 1.82) is 0 Å². The van der Waals surface area contributed by atoms with E-state index in [0.717, 1.165) is 6.26 Å². The van der Waals surface area contributed by atoms with E-state index in [2.05, 4.69) is 5.32 Å². The second-order valence-electron chi connectivity index (χ2n) is 5.09. The summed E-state index contributed by atoms with van der Waals surface area (Å²) >= 11 is 0. The smallest absolute Gasteiger partial charge is 0.329 e. The molecule has 1 aliphatic carbocycles. The molecule has 0 saturated heterocycles. The van der Waals surface area contributed by atoms with Gasteiger partial charge in [0.15, 0.2) is 9.84 Å². The first-order chi connectivity index (χ1) is 9.16. The SMILES string of the molecule is Cc1ccc(C(=O)NC2(C(=O)O)CC2)cc1S(C)(=O)=O. The first kappa shape index (κ1) is 14.5. The minimum absolute atomic E-state index is 0.0744. The number of nitrogens with one attached hydrogen (secondary N) is 1. The molecule has 0 aromatic heterocycles. The summed E-state index contributed by atoms with van der Waals surface area (Å²) in [5.74, 6) is -1.64. The molecule has 1 aromatic rings. The number of carbonyl (C=O) groups is 2. The van der Waals surface area contributed by atoms with Crippen LogP contribution in [0.25, 0.3) is 0 Å². The van der Waals surface area contributed by atoms with Crippen molar-refractivity contribution in [2.45, 2.75) is 30.2 Å². The van der Waals surface area contributed by atoms with Crippen molar-refractivity contribution in [1.82, 2.24) is 5.32 Å². The number of carboxylic acid groups (broad SMARTS) is 1. The van der Waals surface area contributed by atoms with Crippen LogP contribution in [0, 0.1) is 6.92 Å². The van der Waals surface area contributed by atoms with E-state index in [1.807, 2.05) is 0 Å². The molecule has 108 valence electrons. The number of carboxylic acids is 1. The maximum atomic E-state index is 12.0. The van der Waals surface area contributed by atoms with Crippen molar-refractivity contribution >= 4 is 21.7 Å². The van der Waals surface area contributed by atoms with Crippen molar-refractivity contribution in [2.24, 2.45) is 0 Å². The minimum atomic E-state index is -3.43. The van der Waals surface area contributed by atoms with Gasteiger partial charge in [0.1, 0.15) is 5.54 Å². The van der Waals surface area contributed by atoms with Crippen LogP contribution in [-0.4, -0.2) is 37.2 Å². The average molecular weight is 297 g/mol. The fraction of sp³-hybridized carbons (Fsp3) is 0.385. The third-order valence-corrected chi connectivity index (χ3v) is 4.60. The van der Waals surface area contributed by atoms with Gasteiger partial charge in [0, 0.05) is 11.8 Å². The molecule has 1 fully saturated rings. The lowest BCUT2D eigenvalue weighted by Crippen LogP contribution is -2.43. The molecule has 0 unspecified atom stereocenters. The summed E-state index contributed by atoms with van der Waals surface area (Å²) in [7, 11) is -3.43. The lowest BCUT2D eigenvalue weighted by atomic mass is 10.1. The van der Waals surface area contributed by atoms with E-state index in [9.17, 15) is 18.0 Å². The molecule has 20 heavy (non-hydrogen) atoms. The Balaban J connectivity index is 2.30. The largest absolute Gasteiger partial charge is 0.480 e. The number of hydrogen-bond acceptors (Lipinski definition) is 4. The topological polar surface area (TPSA) is 101 Å². The molecule has 0 heterocycles.